The molecule has 0 saturated heterocycles. The van der Waals surface area contributed by atoms with Crippen molar-refractivity contribution < 1.29 is 0 Å². The summed E-state index contributed by atoms with van der Waals surface area (Å²) in [5.41, 5.74) is 5.39. The standard InChI is InChI=1S/C17H22N2/c1-10(2)16-14-9-8-12-6-5-7-13(12)15(14)17(11(3)4)19-18-16/h8-11H,5-7H2,1-4H3. The molecule has 0 N–H and O–H groups in total. The molecular weight excluding hydrogens is 232 g/mol. The smallest absolute Gasteiger partial charge is 0.0737 e. The first-order chi connectivity index (χ1) is 9.09. The summed E-state index contributed by atoms with van der Waals surface area (Å²) in [4.78, 5) is 0. The molecule has 1 aromatic carbocycles. The molecule has 0 bridgehead atoms. The summed E-state index contributed by atoms with van der Waals surface area (Å²) in [5.74, 6) is 0.860. The summed E-state index contributed by atoms with van der Waals surface area (Å²) >= 11 is 0. The molecule has 0 amide bonds. The molecule has 2 aromatic rings. The van der Waals surface area contributed by atoms with Crippen LogP contribution < -0.4 is 0 Å². The zero-order valence-corrected chi connectivity index (χ0v) is 12.3. The topological polar surface area (TPSA) is 25.8 Å². The Balaban J connectivity index is 2.40. The van der Waals surface area contributed by atoms with Crippen LogP contribution in [0.1, 0.15) is 68.5 Å². The van der Waals surface area contributed by atoms with Crippen LogP contribution in [-0.2, 0) is 12.8 Å². The molecule has 1 heterocycles. The van der Waals surface area contributed by atoms with Gasteiger partial charge in [0, 0.05) is 10.8 Å². The molecule has 1 aliphatic carbocycles. The number of nitrogens with zero attached hydrogens (tertiary/aromatic N) is 2. The Labute approximate surface area is 115 Å². The highest BCUT2D eigenvalue weighted by Gasteiger charge is 2.21. The van der Waals surface area contributed by atoms with Gasteiger partial charge < -0.3 is 0 Å². The molecule has 0 spiro atoms. The third-order valence-electron chi connectivity index (χ3n) is 4.17. The van der Waals surface area contributed by atoms with E-state index in [1.54, 1.807) is 0 Å². The van der Waals surface area contributed by atoms with Gasteiger partial charge in [0.15, 0.2) is 0 Å². The summed E-state index contributed by atoms with van der Waals surface area (Å²) in [7, 11) is 0. The summed E-state index contributed by atoms with van der Waals surface area (Å²) in [6, 6.07) is 4.58. The van der Waals surface area contributed by atoms with Crippen LogP contribution in [0.2, 0.25) is 0 Å². The Morgan fingerprint density at radius 1 is 0.895 bits per heavy atom. The van der Waals surface area contributed by atoms with Crippen molar-refractivity contribution in [3.8, 4) is 0 Å². The average molecular weight is 254 g/mol. The molecule has 0 saturated carbocycles. The zero-order chi connectivity index (χ0) is 13.6. The van der Waals surface area contributed by atoms with Gasteiger partial charge in [-0.3, -0.25) is 0 Å². The van der Waals surface area contributed by atoms with Gasteiger partial charge in [0.05, 0.1) is 11.4 Å². The van der Waals surface area contributed by atoms with Crippen molar-refractivity contribution in [2.75, 3.05) is 0 Å². The van der Waals surface area contributed by atoms with E-state index in [2.05, 4.69) is 50.0 Å². The van der Waals surface area contributed by atoms with Crippen LogP contribution >= 0.6 is 0 Å². The first-order valence-corrected chi connectivity index (χ1v) is 7.40. The van der Waals surface area contributed by atoms with Gasteiger partial charge in [-0.25, -0.2) is 0 Å². The van der Waals surface area contributed by atoms with E-state index < -0.39 is 0 Å². The molecule has 1 aromatic heterocycles. The minimum absolute atomic E-state index is 0.427. The second-order valence-corrected chi connectivity index (χ2v) is 6.26. The number of aromatic nitrogens is 2. The van der Waals surface area contributed by atoms with Crippen LogP contribution in [0.15, 0.2) is 12.1 Å². The van der Waals surface area contributed by atoms with Gasteiger partial charge >= 0.3 is 0 Å². The van der Waals surface area contributed by atoms with Crippen molar-refractivity contribution in [3.63, 3.8) is 0 Å². The normalized spacial score (nSPS) is 14.6. The molecule has 2 heteroatoms. The molecule has 100 valence electrons. The van der Waals surface area contributed by atoms with Crippen molar-refractivity contribution in [3.05, 3.63) is 34.6 Å². The van der Waals surface area contributed by atoms with Crippen molar-refractivity contribution in [1.82, 2.24) is 10.2 Å². The number of benzene rings is 1. The summed E-state index contributed by atoms with van der Waals surface area (Å²) in [6.45, 7) is 8.83. The van der Waals surface area contributed by atoms with Gasteiger partial charge in [-0.05, 0) is 42.2 Å². The number of rotatable bonds is 2. The fourth-order valence-electron chi connectivity index (χ4n) is 3.21. The highest BCUT2D eigenvalue weighted by atomic mass is 15.1. The Morgan fingerprint density at radius 2 is 1.58 bits per heavy atom. The van der Waals surface area contributed by atoms with Crippen LogP contribution in [0.3, 0.4) is 0 Å². The van der Waals surface area contributed by atoms with E-state index >= 15 is 0 Å². The fourth-order valence-corrected chi connectivity index (χ4v) is 3.21. The highest BCUT2D eigenvalue weighted by Crippen LogP contribution is 2.36. The van der Waals surface area contributed by atoms with Gasteiger partial charge in [-0.1, -0.05) is 39.8 Å². The van der Waals surface area contributed by atoms with Crippen molar-refractivity contribution in [1.29, 1.82) is 0 Å². The minimum atomic E-state index is 0.427. The maximum atomic E-state index is 4.56. The zero-order valence-electron chi connectivity index (χ0n) is 12.3. The number of fused-ring (bicyclic) bond motifs is 3. The maximum Gasteiger partial charge on any atom is 0.0737 e. The highest BCUT2D eigenvalue weighted by molar-refractivity contribution is 5.91. The molecule has 2 nitrogen and oxygen atoms in total. The van der Waals surface area contributed by atoms with E-state index in [1.165, 1.54) is 46.9 Å². The Morgan fingerprint density at radius 3 is 2.26 bits per heavy atom. The Bertz CT molecular complexity index is 627. The quantitative estimate of drug-likeness (QED) is 0.795. The Hall–Kier alpha value is -1.44. The summed E-state index contributed by atoms with van der Waals surface area (Å²) in [6.07, 6.45) is 3.71. The predicted octanol–water partition coefficient (Wildman–Crippen LogP) is 4.37. The molecule has 19 heavy (non-hydrogen) atoms. The monoisotopic (exact) mass is 254 g/mol. The molecule has 0 atom stereocenters. The lowest BCUT2D eigenvalue weighted by Crippen LogP contribution is -2.05. The van der Waals surface area contributed by atoms with Crippen molar-refractivity contribution in [2.24, 2.45) is 0 Å². The summed E-state index contributed by atoms with van der Waals surface area (Å²) < 4.78 is 0. The SMILES string of the molecule is CC(C)c1nnc(C(C)C)c2c3c(ccc12)CCC3. The Kier molecular flexibility index (Phi) is 3.04. The second-order valence-electron chi connectivity index (χ2n) is 6.26. The van der Waals surface area contributed by atoms with Gasteiger partial charge in [-0.15, -0.1) is 0 Å². The lowest BCUT2D eigenvalue weighted by atomic mass is 9.93. The van der Waals surface area contributed by atoms with E-state index in [9.17, 15) is 0 Å². The van der Waals surface area contributed by atoms with Crippen LogP contribution in [-0.4, -0.2) is 10.2 Å². The van der Waals surface area contributed by atoms with Crippen LogP contribution in [0.25, 0.3) is 10.8 Å². The number of hydrogen-bond acceptors (Lipinski definition) is 2. The first kappa shape index (κ1) is 12.6. The van der Waals surface area contributed by atoms with E-state index in [1.807, 2.05) is 0 Å². The molecular formula is C17H22N2. The lowest BCUT2D eigenvalue weighted by Gasteiger charge is -2.16. The minimum Gasteiger partial charge on any atom is -0.154 e. The van der Waals surface area contributed by atoms with Gasteiger partial charge in [0.2, 0.25) is 0 Å². The largest absolute Gasteiger partial charge is 0.154 e. The van der Waals surface area contributed by atoms with E-state index in [-0.39, 0.29) is 0 Å². The molecule has 3 rings (SSSR count). The third-order valence-corrected chi connectivity index (χ3v) is 4.17. The molecule has 0 aliphatic heterocycles. The first-order valence-electron chi connectivity index (χ1n) is 7.40. The van der Waals surface area contributed by atoms with E-state index in [0.29, 0.717) is 11.8 Å². The fraction of sp³-hybridized carbons (Fsp3) is 0.529. The average Bonchev–Trinajstić information content (AvgIpc) is 2.85. The molecule has 0 unspecified atom stereocenters. The van der Waals surface area contributed by atoms with Gasteiger partial charge in [0.1, 0.15) is 0 Å². The number of aryl methyl sites for hydroxylation is 2. The van der Waals surface area contributed by atoms with Crippen LogP contribution in [0.4, 0.5) is 0 Å². The predicted molar refractivity (Wildman–Crippen MR) is 79.7 cm³/mol. The van der Waals surface area contributed by atoms with Gasteiger partial charge in [-0.2, -0.15) is 10.2 Å². The molecule has 1 aliphatic rings. The molecule has 0 radical (unpaired) electrons. The maximum absolute atomic E-state index is 4.56. The number of hydrogen-bond donors (Lipinski definition) is 0. The summed E-state index contributed by atoms with van der Waals surface area (Å²) in [5, 5.41) is 11.8. The van der Waals surface area contributed by atoms with Crippen molar-refractivity contribution in [2.45, 2.75) is 58.8 Å². The molecule has 0 fully saturated rings. The third kappa shape index (κ3) is 1.94. The van der Waals surface area contributed by atoms with E-state index in [4.69, 9.17) is 0 Å². The van der Waals surface area contributed by atoms with Crippen LogP contribution in [0, 0.1) is 0 Å². The second kappa shape index (κ2) is 4.59. The lowest BCUT2D eigenvalue weighted by molar-refractivity contribution is 0.749. The van der Waals surface area contributed by atoms with E-state index in [0.717, 1.165) is 5.69 Å². The van der Waals surface area contributed by atoms with Crippen LogP contribution in [0.5, 0.6) is 0 Å². The van der Waals surface area contributed by atoms with Crippen molar-refractivity contribution >= 4 is 10.8 Å². The van der Waals surface area contributed by atoms with Gasteiger partial charge in [0.25, 0.3) is 0 Å².